The van der Waals surface area contributed by atoms with Crippen LogP contribution >= 0.6 is 0 Å². The number of hydrogen-bond donors (Lipinski definition) is 2. The summed E-state index contributed by atoms with van der Waals surface area (Å²) in [5.41, 5.74) is 1.41. The van der Waals surface area contributed by atoms with Gasteiger partial charge in [0.05, 0.1) is 0 Å². The standard InChI is InChI=1S/C10H13.Na.H2O4S/c1-9(2)8-10-6-4-3-5-7-10;;1-5(2,3)4/h3-7H,8H2,1-2H3;;(H2,1,2,3,4)/q-1;+1;. The maximum atomic E-state index is 8.74. The molecule has 0 aliphatic carbocycles. The molecule has 6 heteroatoms. The third-order valence-corrected chi connectivity index (χ3v) is 1.40. The largest absolute Gasteiger partial charge is 1.00 e. The van der Waals surface area contributed by atoms with E-state index in [0.29, 0.717) is 0 Å². The van der Waals surface area contributed by atoms with Gasteiger partial charge < -0.3 is 5.92 Å². The fraction of sp³-hybridized carbons (Fsp3) is 0.300. The van der Waals surface area contributed by atoms with Crippen LogP contribution < -0.4 is 29.6 Å². The molecule has 0 aromatic heterocycles. The normalized spacial score (nSPS) is 10.1. The minimum absolute atomic E-state index is 0. The van der Waals surface area contributed by atoms with E-state index in [1.165, 1.54) is 11.5 Å². The maximum Gasteiger partial charge on any atom is 1.00 e. The Morgan fingerprint density at radius 2 is 1.50 bits per heavy atom. The first-order valence-electron chi connectivity index (χ1n) is 4.32. The van der Waals surface area contributed by atoms with Crippen molar-refractivity contribution in [1.82, 2.24) is 0 Å². The van der Waals surface area contributed by atoms with Crippen LogP contribution in [0.15, 0.2) is 30.3 Å². The van der Waals surface area contributed by atoms with Crippen molar-refractivity contribution in [3.05, 3.63) is 41.8 Å². The summed E-state index contributed by atoms with van der Waals surface area (Å²) in [6.45, 7) is 4.32. The second kappa shape index (κ2) is 9.15. The summed E-state index contributed by atoms with van der Waals surface area (Å²) in [5.74, 6) is 1.46. The average Bonchev–Trinajstić information content (AvgIpc) is 2.01. The number of rotatable bonds is 2. The molecule has 0 spiro atoms. The Bertz CT molecular complexity index is 354. The summed E-state index contributed by atoms with van der Waals surface area (Å²) < 4.78 is 31.6. The van der Waals surface area contributed by atoms with Crippen LogP contribution in [-0.2, 0) is 16.8 Å². The molecule has 0 atom stereocenters. The van der Waals surface area contributed by atoms with Gasteiger partial charge in [-0.1, -0.05) is 35.9 Å². The van der Waals surface area contributed by atoms with E-state index in [0.717, 1.165) is 6.42 Å². The molecule has 2 N–H and O–H groups in total. The van der Waals surface area contributed by atoms with E-state index in [1.54, 1.807) is 0 Å². The van der Waals surface area contributed by atoms with Gasteiger partial charge in [-0.05, 0) is 0 Å². The Morgan fingerprint density at radius 3 is 1.81 bits per heavy atom. The van der Waals surface area contributed by atoms with Gasteiger partial charge in [0.1, 0.15) is 0 Å². The third kappa shape index (κ3) is 16.5. The van der Waals surface area contributed by atoms with Crippen molar-refractivity contribution in [1.29, 1.82) is 0 Å². The molecule has 0 fully saturated rings. The SMILES string of the molecule is C[C-](C)Cc1ccccc1.O=S(=O)(O)O.[Na+]. The van der Waals surface area contributed by atoms with E-state index < -0.39 is 10.4 Å². The van der Waals surface area contributed by atoms with E-state index in [4.69, 9.17) is 17.5 Å². The van der Waals surface area contributed by atoms with Crippen molar-refractivity contribution < 1.29 is 47.1 Å². The summed E-state index contributed by atoms with van der Waals surface area (Å²) in [6.07, 6.45) is 1.11. The molecule has 16 heavy (non-hydrogen) atoms. The first-order valence-corrected chi connectivity index (χ1v) is 5.71. The van der Waals surface area contributed by atoms with Gasteiger partial charge in [0.25, 0.3) is 0 Å². The molecule has 0 saturated heterocycles. The second-order valence-electron chi connectivity index (χ2n) is 3.32. The fourth-order valence-corrected chi connectivity index (χ4v) is 1.00. The summed E-state index contributed by atoms with van der Waals surface area (Å²) in [6, 6.07) is 10.5. The van der Waals surface area contributed by atoms with Gasteiger partial charge in [-0.15, -0.1) is 0 Å². The second-order valence-corrected chi connectivity index (χ2v) is 4.21. The van der Waals surface area contributed by atoms with Crippen molar-refractivity contribution in [3.63, 3.8) is 0 Å². The van der Waals surface area contributed by atoms with Gasteiger partial charge in [0, 0.05) is 0 Å². The zero-order valence-corrected chi connectivity index (χ0v) is 12.5. The summed E-state index contributed by atoms with van der Waals surface area (Å²) in [5, 5.41) is 0. The van der Waals surface area contributed by atoms with Crippen molar-refractivity contribution in [3.8, 4) is 0 Å². The maximum absolute atomic E-state index is 8.74. The zero-order chi connectivity index (χ0) is 11.9. The Balaban J connectivity index is 0. The molecule has 0 aliphatic heterocycles. The van der Waals surface area contributed by atoms with Gasteiger partial charge in [0.15, 0.2) is 0 Å². The molecule has 4 nitrogen and oxygen atoms in total. The summed E-state index contributed by atoms with van der Waals surface area (Å²) >= 11 is 0. The van der Waals surface area contributed by atoms with Gasteiger partial charge in [-0.3, -0.25) is 9.11 Å². The van der Waals surface area contributed by atoms with Crippen LogP contribution in [0.1, 0.15) is 19.4 Å². The monoisotopic (exact) mass is 254 g/mol. The minimum atomic E-state index is -4.67. The van der Waals surface area contributed by atoms with Crippen LogP contribution in [0.25, 0.3) is 0 Å². The van der Waals surface area contributed by atoms with E-state index in [-0.39, 0.29) is 29.6 Å². The third-order valence-electron chi connectivity index (χ3n) is 1.40. The van der Waals surface area contributed by atoms with Crippen LogP contribution in [0.4, 0.5) is 0 Å². The van der Waals surface area contributed by atoms with Gasteiger partial charge in [0.2, 0.25) is 0 Å². The molecular formula is C10H15NaO4S. The molecule has 0 bridgehead atoms. The Labute approximate surface area is 119 Å². The van der Waals surface area contributed by atoms with E-state index in [1.807, 2.05) is 0 Å². The molecule has 0 amide bonds. The van der Waals surface area contributed by atoms with Crippen LogP contribution in [0.3, 0.4) is 0 Å². The molecule has 0 aliphatic rings. The predicted molar refractivity (Wildman–Crippen MR) is 58.9 cm³/mol. The van der Waals surface area contributed by atoms with Crippen LogP contribution in [0, 0.1) is 5.92 Å². The predicted octanol–water partition coefficient (Wildman–Crippen LogP) is -0.805. The van der Waals surface area contributed by atoms with E-state index in [9.17, 15) is 0 Å². The molecular weight excluding hydrogens is 239 g/mol. The summed E-state index contributed by atoms with van der Waals surface area (Å²) in [7, 11) is -4.67. The van der Waals surface area contributed by atoms with Gasteiger partial charge in [-0.2, -0.15) is 28.7 Å². The van der Waals surface area contributed by atoms with Crippen LogP contribution in [0.5, 0.6) is 0 Å². The van der Waals surface area contributed by atoms with Crippen molar-refractivity contribution >= 4 is 10.4 Å². The quantitative estimate of drug-likeness (QED) is 0.411. The van der Waals surface area contributed by atoms with Crippen molar-refractivity contribution in [2.75, 3.05) is 0 Å². The van der Waals surface area contributed by atoms with E-state index in [2.05, 4.69) is 44.2 Å². The molecule has 0 unspecified atom stereocenters. The minimum Gasteiger partial charge on any atom is -0.315 e. The van der Waals surface area contributed by atoms with Crippen LogP contribution in [0.2, 0.25) is 0 Å². The molecule has 1 aromatic rings. The Morgan fingerprint density at radius 1 is 1.12 bits per heavy atom. The Kier molecular flexibility index (Phi) is 10.6. The molecule has 0 saturated carbocycles. The Hall–Kier alpha value is 0.0900. The topological polar surface area (TPSA) is 74.6 Å². The molecule has 0 radical (unpaired) electrons. The fourth-order valence-electron chi connectivity index (χ4n) is 1.00. The van der Waals surface area contributed by atoms with Crippen molar-refractivity contribution in [2.24, 2.45) is 0 Å². The molecule has 86 valence electrons. The molecule has 1 aromatic carbocycles. The van der Waals surface area contributed by atoms with Gasteiger partial charge >= 0.3 is 40.0 Å². The first-order chi connectivity index (χ1) is 6.79. The summed E-state index contributed by atoms with van der Waals surface area (Å²) in [4.78, 5) is 0. The van der Waals surface area contributed by atoms with Gasteiger partial charge in [-0.25, -0.2) is 0 Å². The number of benzene rings is 1. The zero-order valence-electron chi connectivity index (χ0n) is 9.71. The van der Waals surface area contributed by atoms with Crippen molar-refractivity contribution in [2.45, 2.75) is 20.3 Å². The van der Waals surface area contributed by atoms with E-state index >= 15 is 0 Å². The number of hydrogen-bond acceptors (Lipinski definition) is 2. The first kappa shape index (κ1) is 18.5. The molecule has 1 rings (SSSR count). The molecule has 0 heterocycles. The average molecular weight is 254 g/mol. The van der Waals surface area contributed by atoms with Crippen LogP contribution in [-0.4, -0.2) is 17.5 Å². The smallest absolute Gasteiger partial charge is 0.315 e.